The summed E-state index contributed by atoms with van der Waals surface area (Å²) in [5, 5.41) is 0. The smallest absolute Gasteiger partial charge is 0.0936 e. The molecule has 0 aromatic rings. The summed E-state index contributed by atoms with van der Waals surface area (Å²) in [6, 6.07) is 0. The molecule has 0 aromatic heterocycles. The first-order chi connectivity index (χ1) is 12.8. The van der Waals surface area contributed by atoms with E-state index in [4.69, 9.17) is 18.9 Å². The number of hydrogen-bond donors (Lipinski definition) is 0. The van der Waals surface area contributed by atoms with Gasteiger partial charge in [0.25, 0.3) is 0 Å². The van der Waals surface area contributed by atoms with Crippen LogP contribution in [0.1, 0.15) is 6.42 Å². The minimum Gasteiger partial charge on any atom is -0.372 e. The standard InChI is InChI=1S/C20H28N2O4/c1-2-15(5-21(7-17-11-23-17)8-18-12-24-18)4-16(3-1)6-22(9-19-13-25-19)10-20-14-26-20/h1-2,17-20H,4-14H2. The fourth-order valence-corrected chi connectivity index (χ4v) is 3.68. The van der Waals surface area contributed by atoms with Crippen molar-refractivity contribution in [2.75, 3.05) is 65.7 Å². The summed E-state index contributed by atoms with van der Waals surface area (Å²) >= 11 is 0. The zero-order valence-electron chi connectivity index (χ0n) is 15.3. The van der Waals surface area contributed by atoms with Crippen molar-refractivity contribution in [1.29, 1.82) is 0 Å². The minimum atomic E-state index is 0.421. The van der Waals surface area contributed by atoms with Crippen molar-refractivity contribution < 1.29 is 18.9 Å². The second-order valence-electron chi connectivity index (χ2n) is 8.13. The lowest BCUT2D eigenvalue weighted by atomic mass is 9.93. The van der Waals surface area contributed by atoms with Gasteiger partial charge >= 0.3 is 0 Å². The Balaban J connectivity index is 1.13. The van der Waals surface area contributed by atoms with E-state index >= 15 is 0 Å². The molecule has 5 rings (SSSR count). The van der Waals surface area contributed by atoms with E-state index in [9.17, 15) is 0 Å². The van der Waals surface area contributed by atoms with Crippen LogP contribution in [0, 0.1) is 12.0 Å². The summed E-state index contributed by atoms with van der Waals surface area (Å²) in [5.74, 6) is 1.46. The molecule has 0 amide bonds. The van der Waals surface area contributed by atoms with E-state index in [1.165, 1.54) is 11.5 Å². The Morgan fingerprint density at radius 2 is 1.23 bits per heavy atom. The van der Waals surface area contributed by atoms with Gasteiger partial charge in [-0.3, -0.25) is 9.80 Å². The van der Waals surface area contributed by atoms with Gasteiger partial charge in [-0.2, -0.15) is 0 Å². The second-order valence-corrected chi connectivity index (χ2v) is 8.13. The average Bonchev–Trinajstić information content (AvgIpc) is 3.40. The average molecular weight is 360 g/mol. The summed E-state index contributed by atoms with van der Waals surface area (Å²) in [6.45, 7) is 9.65. The van der Waals surface area contributed by atoms with Gasteiger partial charge in [-0.25, -0.2) is 0 Å². The summed E-state index contributed by atoms with van der Waals surface area (Å²) < 4.78 is 21.7. The van der Waals surface area contributed by atoms with Crippen LogP contribution in [0.15, 0.2) is 17.7 Å². The third kappa shape index (κ3) is 5.62. The summed E-state index contributed by atoms with van der Waals surface area (Å²) in [6.07, 6.45) is 10.5. The maximum Gasteiger partial charge on any atom is 0.0936 e. The van der Waals surface area contributed by atoms with E-state index in [1.807, 2.05) is 0 Å². The first kappa shape index (κ1) is 17.3. The van der Waals surface area contributed by atoms with Gasteiger partial charge in [-0.05, 0) is 18.1 Å². The molecule has 0 bridgehead atoms. The van der Waals surface area contributed by atoms with Crippen molar-refractivity contribution in [3.05, 3.63) is 29.7 Å². The van der Waals surface area contributed by atoms with Gasteiger partial charge in [-0.1, -0.05) is 12.2 Å². The van der Waals surface area contributed by atoms with Crippen molar-refractivity contribution in [3.63, 3.8) is 0 Å². The van der Waals surface area contributed by atoms with E-state index in [-0.39, 0.29) is 0 Å². The maximum atomic E-state index is 5.43. The molecule has 5 aliphatic rings. The van der Waals surface area contributed by atoms with E-state index < -0.39 is 0 Å². The Kier molecular flexibility index (Phi) is 5.14. The maximum absolute atomic E-state index is 5.43. The van der Waals surface area contributed by atoms with Gasteiger partial charge in [0.15, 0.2) is 0 Å². The molecule has 0 spiro atoms. The molecule has 1 aliphatic carbocycles. The molecular weight excluding hydrogens is 332 g/mol. The van der Waals surface area contributed by atoms with Crippen LogP contribution in [0.2, 0.25) is 0 Å². The monoisotopic (exact) mass is 360 g/mol. The quantitative estimate of drug-likeness (QED) is 0.471. The molecule has 4 unspecified atom stereocenters. The topological polar surface area (TPSA) is 56.6 Å². The first-order valence-electron chi connectivity index (χ1n) is 9.84. The molecule has 4 heterocycles. The number of rotatable bonds is 12. The molecule has 4 saturated heterocycles. The lowest BCUT2D eigenvalue weighted by Gasteiger charge is -2.28. The summed E-state index contributed by atoms with van der Waals surface area (Å²) in [5.41, 5.74) is 1.37. The number of nitrogens with zero attached hydrogens (tertiary/aromatic N) is 2. The third-order valence-electron chi connectivity index (χ3n) is 5.34. The van der Waals surface area contributed by atoms with Crippen molar-refractivity contribution in [2.24, 2.45) is 0 Å². The summed E-state index contributed by atoms with van der Waals surface area (Å²) in [7, 11) is 0. The largest absolute Gasteiger partial charge is 0.372 e. The third-order valence-corrected chi connectivity index (χ3v) is 5.34. The fourth-order valence-electron chi connectivity index (χ4n) is 3.68. The lowest BCUT2D eigenvalue weighted by Crippen LogP contribution is -2.36. The van der Waals surface area contributed by atoms with Crippen molar-refractivity contribution >= 4 is 0 Å². The zero-order chi connectivity index (χ0) is 17.3. The van der Waals surface area contributed by atoms with Crippen LogP contribution < -0.4 is 0 Å². The highest BCUT2D eigenvalue weighted by Gasteiger charge is 2.33. The predicted octanol–water partition coefficient (Wildman–Crippen LogP) is 0.450. The Bertz CT molecular complexity index is 522. The Morgan fingerprint density at radius 1 is 0.769 bits per heavy atom. The molecular formula is C20H28N2O4. The number of hydrogen-bond acceptors (Lipinski definition) is 6. The van der Waals surface area contributed by atoms with E-state index in [0.29, 0.717) is 24.4 Å². The van der Waals surface area contributed by atoms with Crippen LogP contribution in [-0.4, -0.2) is 99.9 Å². The van der Waals surface area contributed by atoms with Crippen LogP contribution in [0.5, 0.6) is 0 Å². The van der Waals surface area contributed by atoms with Gasteiger partial charge < -0.3 is 18.9 Å². The SMILES string of the molecule is [C]1=C(CN(CC2CO2)CC2CO2)C[C](CN(CC2CO2)CC2CO2)C=C1. The molecule has 142 valence electrons. The van der Waals surface area contributed by atoms with Crippen molar-refractivity contribution in [3.8, 4) is 0 Å². The molecule has 26 heavy (non-hydrogen) atoms. The van der Waals surface area contributed by atoms with Gasteiger partial charge in [0, 0.05) is 45.2 Å². The number of allylic oxidation sites excluding steroid dienone is 2. The molecule has 4 fully saturated rings. The van der Waals surface area contributed by atoms with Gasteiger partial charge in [0.2, 0.25) is 0 Å². The number of epoxide rings is 4. The molecule has 4 atom stereocenters. The second kappa shape index (κ2) is 7.70. The lowest BCUT2D eigenvalue weighted by molar-refractivity contribution is 0.223. The van der Waals surface area contributed by atoms with Crippen LogP contribution in [-0.2, 0) is 18.9 Å². The Hall–Kier alpha value is -0.760. The van der Waals surface area contributed by atoms with Crippen LogP contribution in [0.4, 0.5) is 0 Å². The van der Waals surface area contributed by atoms with Crippen molar-refractivity contribution in [2.45, 2.75) is 30.8 Å². The first-order valence-corrected chi connectivity index (χ1v) is 9.84. The fraction of sp³-hybridized carbons (Fsp3) is 0.750. The minimum absolute atomic E-state index is 0.421. The molecule has 6 heteroatoms. The van der Waals surface area contributed by atoms with Crippen LogP contribution >= 0.6 is 0 Å². The van der Waals surface area contributed by atoms with Crippen LogP contribution in [0.3, 0.4) is 0 Å². The van der Waals surface area contributed by atoms with E-state index in [1.54, 1.807) is 0 Å². The molecule has 2 radical (unpaired) electrons. The van der Waals surface area contributed by atoms with Gasteiger partial charge in [-0.15, -0.1) is 0 Å². The van der Waals surface area contributed by atoms with Crippen LogP contribution in [0.25, 0.3) is 0 Å². The van der Waals surface area contributed by atoms with E-state index in [2.05, 4.69) is 28.0 Å². The normalized spacial score (nSPS) is 35.1. The molecule has 6 nitrogen and oxygen atoms in total. The summed E-state index contributed by atoms with van der Waals surface area (Å²) in [4.78, 5) is 4.97. The zero-order valence-corrected chi connectivity index (χ0v) is 15.3. The molecule has 0 aromatic carbocycles. The molecule has 0 N–H and O–H groups in total. The highest BCUT2D eigenvalue weighted by molar-refractivity contribution is 5.28. The predicted molar refractivity (Wildman–Crippen MR) is 95.6 cm³/mol. The molecule has 0 saturated carbocycles. The highest BCUT2D eigenvalue weighted by Crippen LogP contribution is 2.26. The van der Waals surface area contributed by atoms with Gasteiger partial charge in [0.05, 0.1) is 50.8 Å². The number of ether oxygens (including phenoxy) is 4. The van der Waals surface area contributed by atoms with Gasteiger partial charge in [0.1, 0.15) is 0 Å². The van der Waals surface area contributed by atoms with Crippen molar-refractivity contribution in [1.82, 2.24) is 9.80 Å². The highest BCUT2D eigenvalue weighted by atomic mass is 16.6. The molecule has 4 aliphatic heterocycles. The Labute approximate surface area is 155 Å². The van der Waals surface area contributed by atoms with E-state index in [0.717, 1.165) is 72.1 Å². The Morgan fingerprint density at radius 3 is 1.69 bits per heavy atom.